The van der Waals surface area contributed by atoms with Crippen LogP contribution < -0.4 is 5.32 Å². The Morgan fingerprint density at radius 3 is 2.42 bits per heavy atom. The number of amides is 1. The lowest BCUT2D eigenvalue weighted by Crippen LogP contribution is -2.46. The molecule has 110 valence electrons. The molecular formula is C15H28N2O2. The fourth-order valence-electron chi connectivity index (χ4n) is 3.35. The minimum atomic E-state index is -0.188. The number of carbonyl (C=O) groups is 1. The second-order valence-electron chi connectivity index (χ2n) is 6.02. The van der Waals surface area contributed by atoms with Crippen LogP contribution >= 0.6 is 0 Å². The highest BCUT2D eigenvalue weighted by Crippen LogP contribution is 2.26. The predicted molar refractivity (Wildman–Crippen MR) is 76.1 cm³/mol. The van der Waals surface area contributed by atoms with Gasteiger partial charge in [-0.15, -0.1) is 0 Å². The summed E-state index contributed by atoms with van der Waals surface area (Å²) in [6.07, 6.45) is 6.54. The van der Waals surface area contributed by atoms with E-state index < -0.39 is 0 Å². The Balaban J connectivity index is 1.80. The van der Waals surface area contributed by atoms with Crippen LogP contribution in [0.2, 0.25) is 0 Å². The van der Waals surface area contributed by atoms with E-state index in [0.717, 1.165) is 32.2 Å². The van der Waals surface area contributed by atoms with Crippen LogP contribution in [0.5, 0.6) is 0 Å². The van der Waals surface area contributed by atoms with Gasteiger partial charge in [0.2, 0.25) is 0 Å². The molecular weight excluding hydrogens is 240 g/mol. The van der Waals surface area contributed by atoms with Crippen LogP contribution in [0.4, 0.5) is 0 Å². The molecule has 0 bridgehead atoms. The Morgan fingerprint density at radius 2 is 1.89 bits per heavy atom. The zero-order valence-electron chi connectivity index (χ0n) is 12.5. The fourth-order valence-corrected chi connectivity index (χ4v) is 3.35. The van der Waals surface area contributed by atoms with E-state index >= 15 is 0 Å². The Morgan fingerprint density at radius 1 is 1.21 bits per heavy atom. The van der Waals surface area contributed by atoms with Gasteiger partial charge in [-0.2, -0.15) is 0 Å². The molecule has 1 aliphatic heterocycles. The van der Waals surface area contributed by atoms with Gasteiger partial charge in [0.15, 0.2) is 0 Å². The third kappa shape index (κ3) is 3.69. The molecule has 0 aromatic rings. The third-order valence-corrected chi connectivity index (χ3v) is 4.59. The Bertz CT molecular complexity index is 301. The maximum absolute atomic E-state index is 12.4. The predicted octanol–water partition coefficient (Wildman–Crippen LogP) is 1.93. The number of likely N-dealkylation sites (N-methyl/N-ethyl adjacent to an activating group) is 1. The normalized spacial score (nSPS) is 35.3. The molecule has 0 aromatic carbocycles. The molecule has 1 saturated heterocycles. The lowest BCUT2D eigenvalue weighted by Gasteiger charge is -2.36. The molecule has 1 saturated carbocycles. The molecule has 1 N–H and O–H groups in total. The van der Waals surface area contributed by atoms with Gasteiger partial charge < -0.3 is 15.0 Å². The first-order valence-corrected chi connectivity index (χ1v) is 7.77. The quantitative estimate of drug-likeness (QED) is 0.847. The van der Waals surface area contributed by atoms with Gasteiger partial charge in [0.25, 0.3) is 5.91 Å². The van der Waals surface area contributed by atoms with Crippen molar-refractivity contribution >= 4 is 5.91 Å². The Hall–Kier alpha value is -0.610. The summed E-state index contributed by atoms with van der Waals surface area (Å²) in [6.45, 7) is 5.24. The van der Waals surface area contributed by atoms with Gasteiger partial charge in [-0.3, -0.25) is 4.79 Å². The fraction of sp³-hybridized carbons (Fsp3) is 0.933. The smallest absolute Gasteiger partial charge is 0.251 e. The van der Waals surface area contributed by atoms with Crippen molar-refractivity contribution in [3.8, 4) is 0 Å². The summed E-state index contributed by atoms with van der Waals surface area (Å²) in [5.41, 5.74) is 0. The average molecular weight is 268 g/mol. The summed E-state index contributed by atoms with van der Waals surface area (Å²) < 4.78 is 5.69. The molecule has 0 spiro atoms. The van der Waals surface area contributed by atoms with Crippen LogP contribution in [0.1, 0.15) is 52.4 Å². The van der Waals surface area contributed by atoms with E-state index in [1.54, 1.807) is 0 Å². The van der Waals surface area contributed by atoms with Gasteiger partial charge in [-0.25, -0.2) is 0 Å². The minimum absolute atomic E-state index is 0.188. The van der Waals surface area contributed by atoms with Gasteiger partial charge in [0, 0.05) is 19.1 Å². The highest BCUT2D eigenvalue weighted by atomic mass is 16.5. The number of rotatable bonds is 4. The number of ether oxygens (including phenoxy) is 1. The van der Waals surface area contributed by atoms with E-state index in [9.17, 15) is 4.79 Å². The monoisotopic (exact) mass is 268 g/mol. The molecule has 0 aromatic heterocycles. The Labute approximate surface area is 116 Å². The maximum Gasteiger partial charge on any atom is 0.251 e. The second-order valence-corrected chi connectivity index (χ2v) is 6.02. The molecule has 1 amide bonds. The van der Waals surface area contributed by atoms with Crippen molar-refractivity contribution in [2.24, 2.45) is 0 Å². The molecule has 1 heterocycles. The molecule has 2 unspecified atom stereocenters. The van der Waals surface area contributed by atoms with Gasteiger partial charge in [-0.1, -0.05) is 6.92 Å². The summed E-state index contributed by atoms with van der Waals surface area (Å²) in [7, 11) is 1.95. The highest BCUT2D eigenvalue weighted by molar-refractivity contribution is 5.81. The first kappa shape index (κ1) is 14.8. The SMILES string of the molecule is CCNC1CCC(N(C)C(=O)C2CCC(C)O2)CC1. The van der Waals surface area contributed by atoms with Crippen LogP contribution in [0.3, 0.4) is 0 Å². The standard InChI is InChI=1S/C15H28N2O2/c1-4-16-12-6-8-13(9-7-12)17(3)15(18)14-10-5-11(2)19-14/h11-14,16H,4-10H2,1-3H3. The lowest BCUT2D eigenvalue weighted by atomic mass is 9.90. The molecule has 2 rings (SSSR count). The molecule has 4 nitrogen and oxygen atoms in total. The van der Waals surface area contributed by atoms with E-state index in [1.807, 2.05) is 11.9 Å². The van der Waals surface area contributed by atoms with E-state index in [4.69, 9.17) is 4.74 Å². The van der Waals surface area contributed by atoms with Crippen LogP contribution in [0, 0.1) is 0 Å². The van der Waals surface area contributed by atoms with Crippen LogP contribution in [0.15, 0.2) is 0 Å². The number of nitrogens with one attached hydrogen (secondary N) is 1. The summed E-state index contributed by atoms with van der Waals surface area (Å²) >= 11 is 0. The molecule has 0 radical (unpaired) electrons. The number of hydrogen-bond donors (Lipinski definition) is 1. The van der Waals surface area contributed by atoms with Gasteiger partial charge in [0.05, 0.1) is 6.10 Å². The number of carbonyl (C=O) groups excluding carboxylic acids is 1. The molecule has 2 aliphatic rings. The van der Waals surface area contributed by atoms with Crippen LogP contribution in [-0.2, 0) is 9.53 Å². The van der Waals surface area contributed by atoms with Crippen molar-refractivity contribution in [2.45, 2.75) is 76.7 Å². The highest BCUT2D eigenvalue weighted by Gasteiger charge is 2.34. The summed E-state index contributed by atoms with van der Waals surface area (Å²) in [5, 5.41) is 3.51. The summed E-state index contributed by atoms with van der Waals surface area (Å²) in [4.78, 5) is 14.3. The van der Waals surface area contributed by atoms with Crippen LogP contribution in [-0.4, -0.2) is 48.7 Å². The first-order chi connectivity index (χ1) is 9.11. The average Bonchev–Trinajstić information content (AvgIpc) is 2.85. The van der Waals surface area contributed by atoms with E-state index in [1.165, 1.54) is 12.8 Å². The molecule has 19 heavy (non-hydrogen) atoms. The second kappa shape index (κ2) is 6.71. The van der Waals surface area contributed by atoms with Crippen molar-refractivity contribution in [1.29, 1.82) is 0 Å². The zero-order valence-corrected chi connectivity index (χ0v) is 12.5. The molecule has 1 aliphatic carbocycles. The molecule has 4 heteroatoms. The lowest BCUT2D eigenvalue weighted by molar-refractivity contribution is -0.144. The molecule has 2 fully saturated rings. The molecule has 2 atom stereocenters. The largest absolute Gasteiger partial charge is 0.365 e. The van der Waals surface area contributed by atoms with Crippen molar-refractivity contribution in [3.63, 3.8) is 0 Å². The van der Waals surface area contributed by atoms with E-state index in [0.29, 0.717) is 12.1 Å². The first-order valence-electron chi connectivity index (χ1n) is 7.77. The van der Waals surface area contributed by atoms with Crippen molar-refractivity contribution < 1.29 is 9.53 Å². The number of hydrogen-bond acceptors (Lipinski definition) is 3. The van der Waals surface area contributed by atoms with Crippen molar-refractivity contribution in [2.75, 3.05) is 13.6 Å². The van der Waals surface area contributed by atoms with Crippen molar-refractivity contribution in [1.82, 2.24) is 10.2 Å². The third-order valence-electron chi connectivity index (χ3n) is 4.59. The van der Waals surface area contributed by atoms with E-state index in [2.05, 4.69) is 19.2 Å². The zero-order chi connectivity index (χ0) is 13.8. The van der Waals surface area contributed by atoms with Gasteiger partial charge >= 0.3 is 0 Å². The Kier molecular flexibility index (Phi) is 5.22. The minimum Gasteiger partial charge on any atom is -0.365 e. The van der Waals surface area contributed by atoms with Crippen molar-refractivity contribution in [3.05, 3.63) is 0 Å². The number of nitrogens with zero attached hydrogens (tertiary/aromatic N) is 1. The van der Waals surface area contributed by atoms with Gasteiger partial charge in [0.1, 0.15) is 6.10 Å². The maximum atomic E-state index is 12.4. The van der Waals surface area contributed by atoms with Crippen LogP contribution in [0.25, 0.3) is 0 Å². The topological polar surface area (TPSA) is 41.6 Å². The summed E-state index contributed by atoms with van der Waals surface area (Å²) in [5.74, 6) is 0.191. The summed E-state index contributed by atoms with van der Waals surface area (Å²) in [6, 6.07) is 1.05. The van der Waals surface area contributed by atoms with E-state index in [-0.39, 0.29) is 18.1 Å². The van der Waals surface area contributed by atoms with Gasteiger partial charge in [-0.05, 0) is 52.0 Å².